The van der Waals surface area contributed by atoms with Crippen LogP contribution in [0.15, 0.2) is 48.5 Å². The maximum absolute atomic E-state index is 14.1. The molecular weight excluding hydrogens is 303 g/mol. The molecule has 0 aromatic heterocycles. The first-order valence-electron chi connectivity index (χ1n) is 7.62. The Morgan fingerprint density at radius 2 is 1.83 bits per heavy atom. The Labute approximate surface area is 133 Å². The van der Waals surface area contributed by atoms with Gasteiger partial charge in [0, 0.05) is 24.9 Å². The zero-order valence-electron chi connectivity index (χ0n) is 12.5. The summed E-state index contributed by atoms with van der Waals surface area (Å²) in [5.74, 6) is -1.95. The van der Waals surface area contributed by atoms with Gasteiger partial charge in [-0.25, -0.2) is 13.2 Å². The van der Waals surface area contributed by atoms with E-state index < -0.39 is 23.6 Å². The number of hydrogen-bond donors (Lipinski definition) is 1. The summed E-state index contributed by atoms with van der Waals surface area (Å²) >= 11 is 0. The van der Waals surface area contributed by atoms with Gasteiger partial charge in [-0.1, -0.05) is 42.5 Å². The van der Waals surface area contributed by atoms with Crippen molar-refractivity contribution in [3.8, 4) is 0 Å². The molecule has 0 aliphatic carbocycles. The van der Waals surface area contributed by atoms with Crippen LogP contribution in [0.5, 0.6) is 0 Å². The summed E-state index contributed by atoms with van der Waals surface area (Å²) in [4.78, 5) is 0. The molecule has 1 N–H and O–H groups in total. The van der Waals surface area contributed by atoms with Crippen LogP contribution in [0.2, 0.25) is 0 Å². The number of ether oxygens (including phenoxy) is 1. The molecule has 2 nitrogen and oxygen atoms in total. The van der Waals surface area contributed by atoms with Gasteiger partial charge >= 0.3 is 0 Å². The molecule has 0 bridgehead atoms. The number of benzene rings is 2. The van der Waals surface area contributed by atoms with Crippen LogP contribution in [0, 0.1) is 17.6 Å². The van der Waals surface area contributed by atoms with Crippen LogP contribution in [0.3, 0.4) is 0 Å². The van der Waals surface area contributed by atoms with Crippen molar-refractivity contribution >= 4 is 0 Å². The third-order valence-electron chi connectivity index (χ3n) is 4.25. The maximum Gasteiger partial charge on any atom is 0.228 e. The molecule has 2 aromatic rings. The Morgan fingerprint density at radius 3 is 2.61 bits per heavy atom. The predicted molar refractivity (Wildman–Crippen MR) is 81.7 cm³/mol. The van der Waals surface area contributed by atoms with E-state index in [0.717, 1.165) is 12.6 Å². The number of hydrogen-bond acceptors (Lipinski definition) is 2. The highest BCUT2D eigenvalue weighted by molar-refractivity contribution is 5.22. The Hall–Kier alpha value is -1.85. The SMILES string of the molecule is Fc1cccc(C(F)OCC2CNCC2c2ccccc2)c1F. The van der Waals surface area contributed by atoms with Crippen molar-refractivity contribution in [3.05, 3.63) is 71.3 Å². The van der Waals surface area contributed by atoms with Gasteiger partial charge in [0.15, 0.2) is 11.6 Å². The van der Waals surface area contributed by atoms with Crippen LogP contribution in [0.4, 0.5) is 13.2 Å². The lowest BCUT2D eigenvalue weighted by Crippen LogP contribution is -2.19. The highest BCUT2D eigenvalue weighted by Gasteiger charge is 2.30. The van der Waals surface area contributed by atoms with Gasteiger partial charge in [0.25, 0.3) is 0 Å². The average molecular weight is 321 g/mol. The van der Waals surface area contributed by atoms with Gasteiger partial charge in [0.2, 0.25) is 6.36 Å². The fourth-order valence-electron chi connectivity index (χ4n) is 2.99. The Bertz CT molecular complexity index is 650. The molecule has 2 aromatic carbocycles. The van der Waals surface area contributed by atoms with E-state index in [0.29, 0.717) is 6.54 Å². The minimum atomic E-state index is -1.97. The summed E-state index contributed by atoms with van der Waals surface area (Å²) in [6.45, 7) is 1.64. The van der Waals surface area contributed by atoms with Crippen molar-refractivity contribution < 1.29 is 17.9 Å². The van der Waals surface area contributed by atoms with Crippen LogP contribution in [0.1, 0.15) is 23.4 Å². The summed E-state index contributed by atoms with van der Waals surface area (Å²) < 4.78 is 46.0. The van der Waals surface area contributed by atoms with E-state index in [-0.39, 0.29) is 18.4 Å². The second-order valence-electron chi connectivity index (χ2n) is 5.73. The van der Waals surface area contributed by atoms with Crippen molar-refractivity contribution in [2.24, 2.45) is 5.92 Å². The lowest BCUT2D eigenvalue weighted by molar-refractivity contribution is -0.0577. The van der Waals surface area contributed by atoms with Crippen molar-refractivity contribution in [1.29, 1.82) is 0 Å². The number of rotatable bonds is 5. The van der Waals surface area contributed by atoms with Gasteiger partial charge in [0.1, 0.15) is 0 Å². The van der Waals surface area contributed by atoms with Gasteiger partial charge < -0.3 is 10.1 Å². The molecule has 3 atom stereocenters. The zero-order valence-corrected chi connectivity index (χ0v) is 12.5. The summed E-state index contributed by atoms with van der Waals surface area (Å²) in [5.41, 5.74) is 0.769. The fourth-order valence-corrected chi connectivity index (χ4v) is 2.99. The molecule has 0 saturated carbocycles. The van der Waals surface area contributed by atoms with E-state index >= 15 is 0 Å². The van der Waals surface area contributed by atoms with E-state index in [2.05, 4.69) is 5.32 Å². The standard InChI is InChI=1S/C18H18F3NO/c19-16-8-4-7-14(17(16)20)18(21)23-11-13-9-22-10-15(13)12-5-2-1-3-6-12/h1-8,13,15,18,22H,9-11H2. The highest BCUT2D eigenvalue weighted by atomic mass is 19.2. The fraction of sp³-hybridized carbons (Fsp3) is 0.333. The first-order valence-corrected chi connectivity index (χ1v) is 7.62. The smallest absolute Gasteiger partial charge is 0.228 e. The maximum atomic E-state index is 14.1. The van der Waals surface area contributed by atoms with Crippen LogP contribution in [-0.4, -0.2) is 19.7 Å². The van der Waals surface area contributed by atoms with E-state index in [1.165, 1.54) is 17.7 Å². The Balaban J connectivity index is 1.64. The van der Waals surface area contributed by atoms with Gasteiger partial charge in [0.05, 0.1) is 12.2 Å². The summed E-state index contributed by atoms with van der Waals surface area (Å²) in [6, 6.07) is 13.4. The molecule has 0 spiro atoms. The molecule has 1 fully saturated rings. The number of nitrogens with one attached hydrogen (secondary N) is 1. The van der Waals surface area contributed by atoms with Crippen LogP contribution in [0.25, 0.3) is 0 Å². The summed E-state index contributed by atoms with van der Waals surface area (Å²) in [5, 5.41) is 3.27. The third-order valence-corrected chi connectivity index (χ3v) is 4.25. The molecule has 1 aliphatic rings. The lowest BCUT2D eigenvalue weighted by atomic mass is 9.89. The normalized spacial score (nSPS) is 22.2. The summed E-state index contributed by atoms with van der Waals surface area (Å²) in [6.07, 6.45) is -1.97. The van der Waals surface area contributed by atoms with Gasteiger partial charge in [-0.3, -0.25) is 0 Å². The van der Waals surface area contributed by atoms with Crippen molar-refractivity contribution in [1.82, 2.24) is 5.32 Å². The first-order chi connectivity index (χ1) is 11.2. The van der Waals surface area contributed by atoms with E-state index in [1.807, 2.05) is 30.3 Å². The molecule has 0 amide bonds. The topological polar surface area (TPSA) is 21.3 Å². The second-order valence-corrected chi connectivity index (χ2v) is 5.73. The lowest BCUT2D eigenvalue weighted by Gasteiger charge is -2.20. The monoisotopic (exact) mass is 321 g/mol. The van der Waals surface area contributed by atoms with E-state index in [1.54, 1.807) is 0 Å². The quantitative estimate of drug-likeness (QED) is 0.900. The molecule has 23 heavy (non-hydrogen) atoms. The zero-order chi connectivity index (χ0) is 16.2. The number of halogens is 3. The second kappa shape index (κ2) is 7.15. The largest absolute Gasteiger partial charge is 0.344 e. The molecule has 122 valence electrons. The van der Waals surface area contributed by atoms with Gasteiger partial charge in [-0.2, -0.15) is 0 Å². The molecule has 5 heteroatoms. The molecule has 1 heterocycles. The Morgan fingerprint density at radius 1 is 1.04 bits per heavy atom. The molecule has 3 rings (SSSR count). The van der Waals surface area contributed by atoms with Gasteiger partial charge in [-0.15, -0.1) is 0 Å². The molecule has 3 unspecified atom stereocenters. The highest BCUT2D eigenvalue weighted by Crippen LogP contribution is 2.31. The predicted octanol–water partition coefficient (Wildman–Crippen LogP) is 3.95. The first kappa shape index (κ1) is 16.0. The van der Waals surface area contributed by atoms with Crippen molar-refractivity contribution in [2.75, 3.05) is 19.7 Å². The van der Waals surface area contributed by atoms with Crippen LogP contribution >= 0.6 is 0 Å². The summed E-state index contributed by atoms with van der Waals surface area (Å²) in [7, 11) is 0. The van der Waals surface area contributed by atoms with Crippen molar-refractivity contribution in [3.63, 3.8) is 0 Å². The number of alkyl halides is 1. The molecule has 0 radical (unpaired) electrons. The van der Waals surface area contributed by atoms with Crippen LogP contribution < -0.4 is 5.32 Å². The van der Waals surface area contributed by atoms with Crippen LogP contribution in [-0.2, 0) is 4.74 Å². The minimum Gasteiger partial charge on any atom is -0.344 e. The molecule has 1 aliphatic heterocycles. The molecular formula is C18H18F3NO. The Kier molecular flexibility index (Phi) is 4.98. The third kappa shape index (κ3) is 3.57. The minimum absolute atomic E-state index is 0.0901. The molecule has 1 saturated heterocycles. The van der Waals surface area contributed by atoms with Gasteiger partial charge in [-0.05, 0) is 11.6 Å². The van der Waals surface area contributed by atoms with Crippen molar-refractivity contribution in [2.45, 2.75) is 12.3 Å². The average Bonchev–Trinajstić information content (AvgIpc) is 3.04. The van der Waals surface area contributed by atoms with E-state index in [9.17, 15) is 13.2 Å². The van der Waals surface area contributed by atoms with E-state index in [4.69, 9.17) is 4.74 Å².